The molecule has 0 radical (unpaired) electrons. The lowest BCUT2D eigenvalue weighted by Crippen LogP contribution is -2.26. The highest BCUT2D eigenvalue weighted by Crippen LogP contribution is 2.27. The molecule has 0 aliphatic carbocycles. The number of benzene rings is 1. The van der Waals surface area contributed by atoms with Crippen LogP contribution < -0.4 is 5.73 Å². The molecule has 1 unspecified atom stereocenters. The van der Waals surface area contributed by atoms with Gasteiger partial charge in [-0.2, -0.15) is 0 Å². The number of aryl methyl sites for hydroxylation is 1. The molecule has 1 heteroatoms. The van der Waals surface area contributed by atoms with Gasteiger partial charge in [-0.1, -0.05) is 43.7 Å². The van der Waals surface area contributed by atoms with Gasteiger partial charge in [-0.15, -0.1) is 0 Å². The van der Waals surface area contributed by atoms with Gasteiger partial charge in [0, 0.05) is 6.04 Å². The molecule has 1 aromatic carbocycles. The van der Waals surface area contributed by atoms with E-state index in [0.717, 1.165) is 12.8 Å². The lowest BCUT2D eigenvalue weighted by atomic mass is 9.80. The molecule has 1 aromatic rings. The van der Waals surface area contributed by atoms with E-state index in [1.807, 2.05) is 0 Å². The van der Waals surface area contributed by atoms with Gasteiger partial charge < -0.3 is 5.73 Å². The van der Waals surface area contributed by atoms with E-state index >= 15 is 0 Å². The van der Waals surface area contributed by atoms with Crippen molar-refractivity contribution in [2.45, 2.75) is 46.6 Å². The average Bonchev–Trinajstić information content (AvgIpc) is 2.06. The normalized spacial score (nSPS) is 13.9. The summed E-state index contributed by atoms with van der Waals surface area (Å²) in [6.07, 6.45) is 2.18. The van der Waals surface area contributed by atoms with Crippen molar-refractivity contribution in [1.29, 1.82) is 0 Å². The Morgan fingerprint density at radius 3 is 2.20 bits per heavy atom. The second kappa shape index (κ2) is 4.80. The van der Waals surface area contributed by atoms with Crippen LogP contribution in [0.1, 0.15) is 38.3 Å². The predicted octanol–water partition coefficient (Wildman–Crippen LogP) is 3.30. The van der Waals surface area contributed by atoms with Gasteiger partial charge in [-0.05, 0) is 37.7 Å². The monoisotopic (exact) mass is 205 g/mol. The first-order chi connectivity index (χ1) is 6.89. The Kier molecular flexibility index (Phi) is 3.92. The van der Waals surface area contributed by atoms with Crippen LogP contribution in [0, 0.1) is 12.3 Å². The van der Waals surface area contributed by atoms with Gasteiger partial charge in [-0.3, -0.25) is 0 Å². The molecule has 1 rings (SSSR count). The van der Waals surface area contributed by atoms with Crippen LogP contribution in [0.5, 0.6) is 0 Å². The van der Waals surface area contributed by atoms with Gasteiger partial charge in [0.05, 0.1) is 0 Å². The molecule has 0 heterocycles. The van der Waals surface area contributed by atoms with Gasteiger partial charge in [0.1, 0.15) is 0 Å². The molecule has 15 heavy (non-hydrogen) atoms. The van der Waals surface area contributed by atoms with Crippen LogP contribution >= 0.6 is 0 Å². The van der Waals surface area contributed by atoms with Crippen molar-refractivity contribution < 1.29 is 0 Å². The van der Waals surface area contributed by atoms with Gasteiger partial charge >= 0.3 is 0 Å². The van der Waals surface area contributed by atoms with Gasteiger partial charge in [0.2, 0.25) is 0 Å². The molecule has 0 aliphatic rings. The summed E-state index contributed by atoms with van der Waals surface area (Å²) < 4.78 is 0. The molecular weight excluding hydrogens is 182 g/mol. The van der Waals surface area contributed by atoms with Crippen LogP contribution in [0.4, 0.5) is 0 Å². The number of nitrogens with two attached hydrogens (primary N) is 1. The molecule has 0 fully saturated rings. The molecule has 2 N–H and O–H groups in total. The Bertz CT molecular complexity index is 296. The third-order valence-electron chi connectivity index (χ3n) is 2.68. The van der Waals surface area contributed by atoms with E-state index in [4.69, 9.17) is 5.73 Å². The molecule has 0 saturated heterocycles. The van der Waals surface area contributed by atoms with Crippen LogP contribution in [0.15, 0.2) is 24.3 Å². The number of rotatable bonds is 4. The van der Waals surface area contributed by atoms with E-state index in [2.05, 4.69) is 52.0 Å². The second-order valence-corrected chi connectivity index (χ2v) is 5.51. The van der Waals surface area contributed by atoms with Crippen molar-refractivity contribution in [3.05, 3.63) is 35.4 Å². The largest absolute Gasteiger partial charge is 0.328 e. The SMILES string of the molecule is Cc1ccc(CC(C)(C)CC(C)N)cc1. The Hall–Kier alpha value is -0.820. The van der Waals surface area contributed by atoms with Crippen LogP contribution in [0.3, 0.4) is 0 Å². The van der Waals surface area contributed by atoms with Crippen LogP contribution in [-0.4, -0.2) is 6.04 Å². The summed E-state index contributed by atoms with van der Waals surface area (Å²) in [6, 6.07) is 9.08. The highest BCUT2D eigenvalue weighted by atomic mass is 14.6. The maximum absolute atomic E-state index is 5.86. The van der Waals surface area contributed by atoms with Crippen molar-refractivity contribution in [3.8, 4) is 0 Å². The van der Waals surface area contributed by atoms with Gasteiger partial charge in [-0.25, -0.2) is 0 Å². The maximum atomic E-state index is 5.86. The van der Waals surface area contributed by atoms with Crippen LogP contribution in [-0.2, 0) is 6.42 Å². The Balaban J connectivity index is 2.64. The van der Waals surface area contributed by atoms with Crippen molar-refractivity contribution in [3.63, 3.8) is 0 Å². The van der Waals surface area contributed by atoms with E-state index < -0.39 is 0 Å². The predicted molar refractivity (Wildman–Crippen MR) is 66.9 cm³/mol. The lowest BCUT2D eigenvalue weighted by molar-refractivity contribution is 0.309. The molecule has 0 aliphatic heterocycles. The summed E-state index contributed by atoms with van der Waals surface area (Å²) in [4.78, 5) is 0. The standard InChI is InChI=1S/C14H23N/c1-11-5-7-13(8-6-11)10-14(3,4)9-12(2)15/h5-8,12H,9-10,15H2,1-4H3. The molecule has 0 bridgehead atoms. The first-order valence-electron chi connectivity index (χ1n) is 5.70. The summed E-state index contributed by atoms with van der Waals surface area (Å²) >= 11 is 0. The third kappa shape index (κ3) is 4.48. The quantitative estimate of drug-likeness (QED) is 0.802. The fourth-order valence-corrected chi connectivity index (χ4v) is 2.20. The topological polar surface area (TPSA) is 26.0 Å². The van der Waals surface area contributed by atoms with E-state index in [-0.39, 0.29) is 6.04 Å². The zero-order valence-corrected chi connectivity index (χ0v) is 10.4. The minimum Gasteiger partial charge on any atom is -0.328 e. The lowest BCUT2D eigenvalue weighted by Gasteiger charge is -2.26. The van der Waals surface area contributed by atoms with E-state index in [0.29, 0.717) is 5.41 Å². The third-order valence-corrected chi connectivity index (χ3v) is 2.68. The Morgan fingerprint density at radius 1 is 1.20 bits per heavy atom. The highest BCUT2D eigenvalue weighted by Gasteiger charge is 2.19. The van der Waals surface area contributed by atoms with Crippen LogP contribution in [0.2, 0.25) is 0 Å². The first-order valence-corrected chi connectivity index (χ1v) is 5.70. The number of hydrogen-bond donors (Lipinski definition) is 1. The van der Waals surface area contributed by atoms with Gasteiger partial charge in [0.25, 0.3) is 0 Å². The molecule has 0 spiro atoms. The molecule has 1 nitrogen and oxygen atoms in total. The fraction of sp³-hybridized carbons (Fsp3) is 0.571. The van der Waals surface area contributed by atoms with E-state index in [1.165, 1.54) is 11.1 Å². The van der Waals surface area contributed by atoms with Crippen molar-refractivity contribution in [2.24, 2.45) is 11.1 Å². The summed E-state index contributed by atoms with van der Waals surface area (Å²) in [6.45, 7) is 8.78. The minimum atomic E-state index is 0.283. The Labute approximate surface area is 93.7 Å². The van der Waals surface area contributed by atoms with E-state index in [9.17, 15) is 0 Å². The molecule has 0 amide bonds. The zero-order chi connectivity index (χ0) is 11.5. The van der Waals surface area contributed by atoms with Crippen molar-refractivity contribution in [2.75, 3.05) is 0 Å². The van der Waals surface area contributed by atoms with E-state index in [1.54, 1.807) is 0 Å². The van der Waals surface area contributed by atoms with Crippen LogP contribution in [0.25, 0.3) is 0 Å². The van der Waals surface area contributed by atoms with Gasteiger partial charge in [0.15, 0.2) is 0 Å². The first kappa shape index (κ1) is 12.3. The van der Waals surface area contributed by atoms with Crippen molar-refractivity contribution in [1.82, 2.24) is 0 Å². The second-order valence-electron chi connectivity index (χ2n) is 5.51. The zero-order valence-electron chi connectivity index (χ0n) is 10.4. The summed E-state index contributed by atoms with van der Waals surface area (Å²) in [5.41, 5.74) is 8.88. The Morgan fingerprint density at radius 2 is 1.73 bits per heavy atom. The molecular formula is C14H23N. The minimum absolute atomic E-state index is 0.283. The highest BCUT2D eigenvalue weighted by molar-refractivity contribution is 5.22. The van der Waals surface area contributed by atoms with Crippen molar-refractivity contribution >= 4 is 0 Å². The fourth-order valence-electron chi connectivity index (χ4n) is 2.20. The smallest absolute Gasteiger partial charge is 0.00156 e. The molecule has 0 aromatic heterocycles. The summed E-state index contributed by atoms with van der Waals surface area (Å²) in [5, 5.41) is 0. The summed E-state index contributed by atoms with van der Waals surface area (Å²) in [7, 11) is 0. The summed E-state index contributed by atoms with van der Waals surface area (Å²) in [5.74, 6) is 0. The average molecular weight is 205 g/mol. The number of hydrogen-bond acceptors (Lipinski definition) is 1. The molecule has 0 saturated carbocycles. The maximum Gasteiger partial charge on any atom is 0.00156 e. The molecule has 1 atom stereocenters. The molecule has 84 valence electrons.